The fourth-order valence-corrected chi connectivity index (χ4v) is 5.89. The van der Waals surface area contributed by atoms with Gasteiger partial charge < -0.3 is 14.6 Å². The lowest BCUT2D eigenvalue weighted by atomic mass is 9.99. The zero-order chi connectivity index (χ0) is 33.2. The number of unbranched alkanes of at least 4 members (excludes halogenated alkanes) is 22. The van der Waals surface area contributed by atoms with Gasteiger partial charge in [0.1, 0.15) is 19.3 Å². The van der Waals surface area contributed by atoms with Gasteiger partial charge in [0, 0.05) is 12.8 Å². The third kappa shape index (κ3) is 35.6. The second kappa shape index (κ2) is 34.2. The molecule has 0 spiro atoms. The molecule has 0 aliphatic heterocycles. The van der Waals surface area contributed by atoms with Crippen molar-refractivity contribution in [3.63, 3.8) is 0 Å². The summed E-state index contributed by atoms with van der Waals surface area (Å²) in [6.07, 6.45) is 34.6. The molecule has 0 heterocycles. The number of esters is 2. The minimum atomic E-state index is -0.956. The first-order chi connectivity index (χ1) is 21.8. The van der Waals surface area contributed by atoms with Gasteiger partial charge in [-0.15, -0.1) is 0 Å². The second-order valence-electron chi connectivity index (χ2n) is 14.5. The Morgan fingerprint density at radius 1 is 0.467 bits per heavy atom. The Balaban J connectivity index is 3.35. The van der Waals surface area contributed by atoms with Crippen molar-refractivity contribution in [2.45, 2.75) is 220 Å². The molecule has 0 saturated carbocycles. The Labute approximate surface area is 280 Å². The summed E-state index contributed by atoms with van der Waals surface area (Å²) in [5.41, 5.74) is 0. The predicted molar refractivity (Wildman–Crippen MR) is 191 cm³/mol. The van der Waals surface area contributed by atoms with E-state index in [1.165, 1.54) is 141 Å². The third-order valence-electron chi connectivity index (χ3n) is 9.31. The smallest absolute Gasteiger partial charge is 0.305 e. The van der Waals surface area contributed by atoms with Crippen LogP contribution in [-0.4, -0.2) is 36.4 Å². The number of ether oxygens (including phenoxy) is 2. The van der Waals surface area contributed by atoms with E-state index in [9.17, 15) is 14.7 Å². The highest BCUT2D eigenvalue weighted by Crippen LogP contribution is 2.17. The van der Waals surface area contributed by atoms with Crippen LogP contribution in [-0.2, 0) is 19.1 Å². The summed E-state index contributed by atoms with van der Waals surface area (Å²) in [6.45, 7) is 8.99. The number of hydrogen-bond acceptors (Lipinski definition) is 5. The summed E-state index contributed by atoms with van der Waals surface area (Å²) >= 11 is 0. The summed E-state index contributed by atoms with van der Waals surface area (Å²) in [4.78, 5) is 23.8. The van der Waals surface area contributed by atoms with E-state index >= 15 is 0 Å². The molecule has 2 atom stereocenters. The van der Waals surface area contributed by atoms with E-state index in [0.717, 1.165) is 43.9 Å². The van der Waals surface area contributed by atoms with E-state index in [1.807, 2.05) is 0 Å². The largest absolute Gasteiger partial charge is 0.463 e. The van der Waals surface area contributed by atoms with Crippen LogP contribution >= 0.6 is 0 Å². The Hall–Kier alpha value is -1.10. The number of hydrogen-bond donors (Lipinski definition) is 1. The first kappa shape index (κ1) is 43.9. The first-order valence-electron chi connectivity index (χ1n) is 19.8. The van der Waals surface area contributed by atoms with E-state index in [-0.39, 0.29) is 25.2 Å². The maximum atomic E-state index is 12.0. The fraction of sp³-hybridized carbons (Fsp3) is 0.950. The van der Waals surface area contributed by atoms with Gasteiger partial charge in [-0.1, -0.05) is 188 Å². The highest BCUT2D eigenvalue weighted by atomic mass is 16.6. The molecule has 5 nitrogen and oxygen atoms in total. The molecule has 1 N–H and O–H groups in total. The molecule has 1 unspecified atom stereocenters. The first-order valence-corrected chi connectivity index (χ1v) is 19.8. The average Bonchev–Trinajstić information content (AvgIpc) is 3.02. The van der Waals surface area contributed by atoms with Crippen molar-refractivity contribution in [1.29, 1.82) is 0 Å². The number of carbonyl (C=O) groups is 2. The van der Waals surface area contributed by atoms with Gasteiger partial charge in [-0.25, -0.2) is 0 Å². The molecule has 0 radical (unpaired) electrons. The average molecular weight is 639 g/mol. The van der Waals surface area contributed by atoms with Gasteiger partial charge in [-0.05, 0) is 24.7 Å². The number of aliphatic hydroxyl groups is 1. The van der Waals surface area contributed by atoms with Gasteiger partial charge in [0.05, 0.1) is 0 Å². The maximum Gasteiger partial charge on any atom is 0.305 e. The van der Waals surface area contributed by atoms with Gasteiger partial charge in [-0.3, -0.25) is 9.59 Å². The molecule has 0 rings (SSSR count). The monoisotopic (exact) mass is 639 g/mol. The highest BCUT2D eigenvalue weighted by molar-refractivity contribution is 5.69. The lowest BCUT2D eigenvalue weighted by Gasteiger charge is -2.12. The van der Waals surface area contributed by atoms with Gasteiger partial charge in [0.15, 0.2) is 0 Å². The molecule has 0 aliphatic carbocycles. The van der Waals surface area contributed by atoms with Crippen LogP contribution in [0.25, 0.3) is 0 Å². The Bertz CT molecular complexity index is 634. The van der Waals surface area contributed by atoms with Gasteiger partial charge in [-0.2, -0.15) is 0 Å². The zero-order valence-electron chi connectivity index (χ0n) is 30.7. The number of rotatable bonds is 35. The zero-order valence-corrected chi connectivity index (χ0v) is 30.7. The van der Waals surface area contributed by atoms with Gasteiger partial charge in [0.2, 0.25) is 0 Å². The summed E-state index contributed by atoms with van der Waals surface area (Å²) < 4.78 is 10.3. The molecule has 45 heavy (non-hydrogen) atoms. The maximum absolute atomic E-state index is 12.0. The fourth-order valence-electron chi connectivity index (χ4n) is 5.89. The molecule has 0 aromatic carbocycles. The van der Waals surface area contributed by atoms with Gasteiger partial charge >= 0.3 is 11.9 Å². The van der Waals surface area contributed by atoms with E-state index in [4.69, 9.17) is 9.47 Å². The lowest BCUT2D eigenvalue weighted by Crippen LogP contribution is -2.25. The molecule has 0 aliphatic rings. The van der Waals surface area contributed by atoms with Crippen LogP contribution in [0.2, 0.25) is 0 Å². The van der Waals surface area contributed by atoms with Crippen LogP contribution in [0.3, 0.4) is 0 Å². The van der Waals surface area contributed by atoms with Crippen LogP contribution in [0.1, 0.15) is 214 Å². The number of carbonyl (C=O) groups excluding carboxylic acids is 2. The van der Waals surface area contributed by atoms with Crippen LogP contribution < -0.4 is 0 Å². The van der Waals surface area contributed by atoms with E-state index in [1.54, 1.807) is 0 Å². The normalized spacial score (nSPS) is 12.8. The summed E-state index contributed by atoms with van der Waals surface area (Å²) in [7, 11) is 0. The SMILES string of the molecule is CCC(C)CCCCCCCCCCCCCCCCCCCCC(=O)OC[C@@H](O)COC(=O)CCCCCCCCC(C)C. The topological polar surface area (TPSA) is 72.8 Å². The molecule has 0 amide bonds. The molecular formula is C40H78O5. The van der Waals surface area contributed by atoms with Crippen molar-refractivity contribution in [2.24, 2.45) is 11.8 Å². The summed E-state index contributed by atoms with van der Waals surface area (Å²) in [6, 6.07) is 0. The molecule has 0 bridgehead atoms. The Morgan fingerprint density at radius 2 is 0.756 bits per heavy atom. The van der Waals surface area contributed by atoms with Crippen LogP contribution in [0.5, 0.6) is 0 Å². The van der Waals surface area contributed by atoms with Crippen LogP contribution in [0.15, 0.2) is 0 Å². The van der Waals surface area contributed by atoms with E-state index < -0.39 is 6.10 Å². The molecule has 0 saturated heterocycles. The van der Waals surface area contributed by atoms with E-state index in [0.29, 0.717) is 12.8 Å². The predicted octanol–water partition coefficient (Wildman–Crippen LogP) is 12.1. The van der Waals surface area contributed by atoms with Crippen molar-refractivity contribution < 1.29 is 24.2 Å². The quantitative estimate of drug-likeness (QED) is 0.0552. The van der Waals surface area contributed by atoms with Crippen LogP contribution in [0.4, 0.5) is 0 Å². The van der Waals surface area contributed by atoms with Crippen molar-refractivity contribution >= 4 is 11.9 Å². The minimum absolute atomic E-state index is 0.110. The van der Waals surface area contributed by atoms with Crippen molar-refractivity contribution in [1.82, 2.24) is 0 Å². The molecule has 0 fully saturated rings. The second-order valence-corrected chi connectivity index (χ2v) is 14.5. The molecular weight excluding hydrogens is 560 g/mol. The Morgan fingerprint density at radius 3 is 1.07 bits per heavy atom. The summed E-state index contributed by atoms with van der Waals surface area (Å²) in [5.74, 6) is 1.14. The summed E-state index contributed by atoms with van der Waals surface area (Å²) in [5, 5.41) is 9.98. The van der Waals surface area contributed by atoms with E-state index in [2.05, 4.69) is 27.7 Å². The lowest BCUT2D eigenvalue weighted by molar-refractivity contribution is -0.152. The van der Waals surface area contributed by atoms with Crippen molar-refractivity contribution in [2.75, 3.05) is 13.2 Å². The van der Waals surface area contributed by atoms with Gasteiger partial charge in [0.25, 0.3) is 0 Å². The molecule has 0 aromatic heterocycles. The van der Waals surface area contributed by atoms with Crippen molar-refractivity contribution in [3.8, 4) is 0 Å². The number of aliphatic hydroxyl groups excluding tert-OH is 1. The Kier molecular flexibility index (Phi) is 33.4. The molecule has 0 aromatic rings. The highest BCUT2D eigenvalue weighted by Gasteiger charge is 2.12. The third-order valence-corrected chi connectivity index (χ3v) is 9.31. The molecule has 5 heteroatoms. The standard InChI is InChI=1S/C40H78O5/c1-5-37(4)31-27-23-18-16-14-12-10-8-6-7-9-11-13-15-17-19-24-28-32-39(42)44-34-38(41)35-45-40(43)33-29-25-21-20-22-26-30-36(2)3/h36-38,41H,5-35H2,1-4H3/t37?,38-/m1/s1. The van der Waals surface area contributed by atoms with Crippen LogP contribution in [0, 0.1) is 11.8 Å². The molecule has 268 valence electrons. The minimum Gasteiger partial charge on any atom is -0.463 e. The van der Waals surface area contributed by atoms with Crippen molar-refractivity contribution in [3.05, 3.63) is 0 Å².